The Hall–Kier alpha value is -2.69. The minimum atomic E-state index is -1.06. The van der Waals surface area contributed by atoms with Gasteiger partial charge < -0.3 is 10.4 Å². The molecular weight excluding hydrogens is 268 g/mol. The number of anilines is 1. The summed E-state index contributed by atoms with van der Waals surface area (Å²) in [5.41, 5.74) is 1.57. The quantitative estimate of drug-likeness (QED) is 0.826. The first-order valence-electron chi connectivity index (χ1n) is 6.64. The highest BCUT2D eigenvalue weighted by Crippen LogP contribution is 2.14. The second-order valence-corrected chi connectivity index (χ2v) is 4.76. The fourth-order valence-corrected chi connectivity index (χ4v) is 1.90. The Morgan fingerprint density at radius 2 is 1.81 bits per heavy atom. The fraction of sp³-hybridized carbons (Fsp3) is 0.188. The van der Waals surface area contributed by atoms with Crippen LogP contribution in [0.1, 0.15) is 22.3 Å². The maximum Gasteiger partial charge on any atom is 0.337 e. The fourth-order valence-electron chi connectivity index (χ4n) is 1.90. The van der Waals surface area contributed by atoms with Crippen molar-refractivity contribution in [2.45, 2.75) is 19.9 Å². The minimum absolute atomic E-state index is 0.0915. The Morgan fingerprint density at radius 3 is 2.48 bits per heavy atom. The molecule has 1 amide bonds. The van der Waals surface area contributed by atoms with Gasteiger partial charge in [0.2, 0.25) is 5.91 Å². The molecule has 0 spiro atoms. The molecule has 2 aromatic rings. The molecule has 0 saturated heterocycles. The number of aromatic nitrogens is 1. The molecule has 21 heavy (non-hydrogen) atoms. The number of carbonyl (C=O) groups is 2. The Labute approximate surface area is 122 Å². The van der Waals surface area contributed by atoms with Gasteiger partial charge in [0.25, 0.3) is 0 Å². The van der Waals surface area contributed by atoms with Gasteiger partial charge in [-0.15, -0.1) is 0 Å². The van der Waals surface area contributed by atoms with E-state index in [1.54, 1.807) is 18.2 Å². The van der Waals surface area contributed by atoms with Crippen molar-refractivity contribution >= 4 is 17.6 Å². The molecule has 5 nitrogen and oxygen atoms in total. The molecule has 0 radical (unpaired) electrons. The van der Waals surface area contributed by atoms with Gasteiger partial charge in [0.15, 0.2) is 18.9 Å². The van der Waals surface area contributed by atoms with Crippen LogP contribution in [0.15, 0.2) is 48.8 Å². The number of aryl methyl sites for hydroxylation is 2. The summed E-state index contributed by atoms with van der Waals surface area (Å²) in [7, 11) is 0. The first kappa shape index (κ1) is 14.7. The molecule has 0 saturated carbocycles. The van der Waals surface area contributed by atoms with Gasteiger partial charge >= 0.3 is 5.97 Å². The Morgan fingerprint density at radius 1 is 1.14 bits per heavy atom. The zero-order valence-corrected chi connectivity index (χ0v) is 11.7. The van der Waals surface area contributed by atoms with Crippen LogP contribution >= 0.6 is 0 Å². The molecule has 2 N–H and O–H groups in total. The van der Waals surface area contributed by atoms with Crippen LogP contribution in [-0.4, -0.2) is 17.0 Å². The number of carboxylic acids is 1. The van der Waals surface area contributed by atoms with Crippen molar-refractivity contribution in [3.8, 4) is 0 Å². The molecular formula is C16H17N2O3+. The number of rotatable bonds is 5. The van der Waals surface area contributed by atoms with Gasteiger partial charge in [-0.25, -0.2) is 9.36 Å². The average Bonchev–Trinajstić information content (AvgIpc) is 2.47. The van der Waals surface area contributed by atoms with Crippen molar-refractivity contribution in [2.24, 2.45) is 0 Å². The van der Waals surface area contributed by atoms with Crippen molar-refractivity contribution in [1.82, 2.24) is 0 Å². The third-order valence-corrected chi connectivity index (χ3v) is 3.09. The van der Waals surface area contributed by atoms with E-state index in [1.807, 2.05) is 36.0 Å². The SMILES string of the molecule is Cc1cc[n+](CCC(=O)Nc2ccccc2C(=O)O)cc1. The van der Waals surface area contributed by atoms with Crippen molar-refractivity contribution < 1.29 is 19.3 Å². The second kappa shape index (κ2) is 6.65. The number of hydrogen-bond donors (Lipinski definition) is 2. The number of carboxylic acid groups (broad SMARTS) is 1. The van der Waals surface area contributed by atoms with Gasteiger partial charge in [0.05, 0.1) is 17.7 Å². The summed E-state index contributed by atoms with van der Waals surface area (Å²) in [6.07, 6.45) is 4.10. The number of nitrogens with one attached hydrogen (secondary N) is 1. The maximum atomic E-state index is 11.9. The molecule has 108 valence electrons. The van der Waals surface area contributed by atoms with Crippen LogP contribution in [0.3, 0.4) is 0 Å². The van der Waals surface area contributed by atoms with E-state index >= 15 is 0 Å². The van der Waals surface area contributed by atoms with Gasteiger partial charge in [0, 0.05) is 12.1 Å². The van der Waals surface area contributed by atoms with Crippen LogP contribution in [-0.2, 0) is 11.3 Å². The number of hydrogen-bond acceptors (Lipinski definition) is 2. The maximum absolute atomic E-state index is 11.9. The number of pyridine rings is 1. The lowest BCUT2D eigenvalue weighted by Gasteiger charge is -2.07. The highest BCUT2D eigenvalue weighted by Gasteiger charge is 2.12. The summed E-state index contributed by atoms with van der Waals surface area (Å²) < 4.78 is 1.91. The third-order valence-electron chi connectivity index (χ3n) is 3.09. The molecule has 5 heteroatoms. The summed E-state index contributed by atoms with van der Waals surface area (Å²) >= 11 is 0. The molecule has 2 rings (SSSR count). The topological polar surface area (TPSA) is 70.3 Å². The summed E-state index contributed by atoms with van der Waals surface area (Å²) in [6.45, 7) is 2.54. The van der Waals surface area contributed by atoms with E-state index in [-0.39, 0.29) is 17.9 Å². The summed E-state index contributed by atoms with van der Waals surface area (Å²) in [5, 5.41) is 11.7. The van der Waals surface area contributed by atoms with Crippen LogP contribution in [0.25, 0.3) is 0 Å². The van der Waals surface area contributed by atoms with Crippen molar-refractivity contribution in [3.05, 3.63) is 59.9 Å². The first-order valence-corrected chi connectivity index (χ1v) is 6.64. The average molecular weight is 285 g/mol. The van der Waals surface area contributed by atoms with Crippen LogP contribution in [0, 0.1) is 6.92 Å². The number of carbonyl (C=O) groups excluding carboxylic acids is 1. The summed E-state index contributed by atoms with van der Waals surface area (Å²) in [6, 6.07) is 10.3. The number of para-hydroxylation sites is 1. The zero-order valence-electron chi connectivity index (χ0n) is 11.7. The normalized spacial score (nSPS) is 10.1. The summed E-state index contributed by atoms with van der Waals surface area (Å²) in [4.78, 5) is 23.0. The molecule has 0 aliphatic heterocycles. The van der Waals surface area contributed by atoms with E-state index in [2.05, 4.69) is 5.32 Å². The number of aromatic carboxylic acids is 1. The molecule has 1 heterocycles. The largest absolute Gasteiger partial charge is 0.478 e. The lowest BCUT2D eigenvalue weighted by atomic mass is 10.2. The molecule has 0 fully saturated rings. The van der Waals surface area contributed by atoms with E-state index in [0.717, 1.165) is 5.56 Å². The van der Waals surface area contributed by atoms with E-state index in [1.165, 1.54) is 6.07 Å². The lowest BCUT2D eigenvalue weighted by molar-refractivity contribution is -0.695. The van der Waals surface area contributed by atoms with Crippen LogP contribution in [0.2, 0.25) is 0 Å². The number of amides is 1. The Bertz CT molecular complexity index is 651. The lowest BCUT2D eigenvalue weighted by Crippen LogP contribution is -2.34. The molecule has 0 aliphatic rings. The van der Waals surface area contributed by atoms with E-state index in [0.29, 0.717) is 12.2 Å². The minimum Gasteiger partial charge on any atom is -0.478 e. The van der Waals surface area contributed by atoms with Gasteiger partial charge in [0.1, 0.15) is 0 Å². The Kier molecular flexibility index (Phi) is 4.66. The van der Waals surface area contributed by atoms with E-state index in [9.17, 15) is 9.59 Å². The van der Waals surface area contributed by atoms with Gasteiger partial charge in [-0.2, -0.15) is 0 Å². The molecule has 1 aromatic heterocycles. The van der Waals surface area contributed by atoms with Gasteiger partial charge in [-0.05, 0) is 24.6 Å². The second-order valence-electron chi connectivity index (χ2n) is 4.76. The van der Waals surface area contributed by atoms with E-state index < -0.39 is 5.97 Å². The van der Waals surface area contributed by atoms with Gasteiger partial charge in [-0.3, -0.25) is 4.79 Å². The molecule has 0 aliphatic carbocycles. The predicted octanol–water partition coefficient (Wildman–Crippen LogP) is 2.01. The molecule has 0 atom stereocenters. The number of benzene rings is 1. The van der Waals surface area contributed by atoms with Crippen LogP contribution in [0.5, 0.6) is 0 Å². The van der Waals surface area contributed by atoms with Crippen molar-refractivity contribution in [1.29, 1.82) is 0 Å². The highest BCUT2D eigenvalue weighted by molar-refractivity contribution is 6.00. The smallest absolute Gasteiger partial charge is 0.337 e. The zero-order chi connectivity index (χ0) is 15.2. The standard InChI is InChI=1S/C16H16N2O3/c1-12-6-9-18(10-7-12)11-8-15(19)17-14-5-3-2-4-13(14)16(20)21/h2-7,9-10H,8,11H2,1H3,(H-,17,19,20,21)/p+1. The highest BCUT2D eigenvalue weighted by atomic mass is 16.4. The van der Waals surface area contributed by atoms with Crippen LogP contribution in [0.4, 0.5) is 5.69 Å². The van der Waals surface area contributed by atoms with Crippen LogP contribution < -0.4 is 9.88 Å². The first-order chi connectivity index (χ1) is 10.1. The van der Waals surface area contributed by atoms with Crippen molar-refractivity contribution in [2.75, 3.05) is 5.32 Å². The molecule has 0 bridgehead atoms. The third kappa shape index (κ3) is 4.14. The van der Waals surface area contributed by atoms with E-state index in [4.69, 9.17) is 5.11 Å². The molecule has 0 unspecified atom stereocenters. The van der Waals surface area contributed by atoms with Gasteiger partial charge in [-0.1, -0.05) is 12.1 Å². The molecule has 1 aromatic carbocycles. The summed E-state index contributed by atoms with van der Waals surface area (Å²) in [5.74, 6) is -1.27. The van der Waals surface area contributed by atoms with Crippen molar-refractivity contribution in [3.63, 3.8) is 0 Å². The monoisotopic (exact) mass is 285 g/mol. The predicted molar refractivity (Wildman–Crippen MR) is 78.0 cm³/mol. The number of nitrogens with zero attached hydrogens (tertiary/aromatic N) is 1. The Balaban J connectivity index is 1.96.